The molecule has 27 heavy (non-hydrogen) atoms. The number of carboxylic acid groups (broad SMARTS) is 1. The highest BCUT2D eigenvalue weighted by Gasteiger charge is 2.30. The minimum absolute atomic E-state index is 0.315. The van der Waals surface area contributed by atoms with Crippen LogP contribution < -0.4 is 0 Å². The van der Waals surface area contributed by atoms with Gasteiger partial charge in [-0.3, -0.25) is 4.98 Å². The maximum Gasteiger partial charge on any atom is 0.338 e. The van der Waals surface area contributed by atoms with Crippen molar-refractivity contribution in [3.63, 3.8) is 0 Å². The third kappa shape index (κ3) is 5.03. The molecular weight excluding hydrogens is 342 g/mol. The Morgan fingerprint density at radius 2 is 2.00 bits per heavy atom. The Labute approximate surface area is 158 Å². The van der Waals surface area contributed by atoms with Gasteiger partial charge < -0.3 is 9.84 Å². The molecule has 1 heterocycles. The van der Waals surface area contributed by atoms with Crippen LogP contribution in [0.3, 0.4) is 0 Å². The number of aryl methyl sites for hydroxylation is 1. The van der Waals surface area contributed by atoms with Crippen LogP contribution in [-0.2, 0) is 4.74 Å². The summed E-state index contributed by atoms with van der Waals surface area (Å²) in [7, 11) is 0. The molecule has 0 amide bonds. The number of benzene rings is 1. The Balaban J connectivity index is 1.55. The first-order valence-electron chi connectivity index (χ1n) is 9.20. The number of rotatable bonds is 8. The maximum absolute atomic E-state index is 11.8. The molecule has 5 nitrogen and oxygen atoms in total. The average Bonchev–Trinajstić information content (AvgIpc) is 3.49. The van der Waals surface area contributed by atoms with Crippen molar-refractivity contribution >= 4 is 18.0 Å². The van der Waals surface area contributed by atoms with Gasteiger partial charge in [-0.25, -0.2) is 9.59 Å². The third-order valence-electron chi connectivity index (χ3n) is 4.47. The van der Waals surface area contributed by atoms with Gasteiger partial charge in [0.15, 0.2) is 0 Å². The van der Waals surface area contributed by atoms with E-state index >= 15 is 0 Å². The fraction of sp³-hybridized carbons (Fsp3) is 0.318. The molecule has 1 aromatic carbocycles. The van der Waals surface area contributed by atoms with Crippen molar-refractivity contribution < 1.29 is 19.4 Å². The van der Waals surface area contributed by atoms with Crippen molar-refractivity contribution in [2.24, 2.45) is 0 Å². The molecule has 1 N–H and O–H groups in total. The van der Waals surface area contributed by atoms with Gasteiger partial charge in [0.25, 0.3) is 0 Å². The van der Waals surface area contributed by atoms with Gasteiger partial charge in [-0.1, -0.05) is 24.3 Å². The van der Waals surface area contributed by atoms with Crippen molar-refractivity contribution in [3.8, 4) is 0 Å². The summed E-state index contributed by atoms with van der Waals surface area (Å²) in [5.41, 5.74) is 3.08. The van der Waals surface area contributed by atoms with E-state index in [2.05, 4.69) is 4.98 Å². The molecule has 1 aliphatic carbocycles. The summed E-state index contributed by atoms with van der Waals surface area (Å²) in [6.45, 7) is 2.20. The Morgan fingerprint density at radius 3 is 2.67 bits per heavy atom. The highest BCUT2D eigenvalue weighted by atomic mass is 16.5. The smallest absolute Gasteiger partial charge is 0.338 e. The lowest BCUT2D eigenvalue weighted by Gasteiger charge is -2.09. The lowest BCUT2D eigenvalue weighted by Crippen LogP contribution is -2.08. The van der Waals surface area contributed by atoms with Crippen LogP contribution in [0.25, 0.3) is 6.08 Å². The van der Waals surface area contributed by atoms with Crippen LogP contribution in [0.2, 0.25) is 0 Å². The summed E-state index contributed by atoms with van der Waals surface area (Å²) in [6.07, 6.45) is 7.08. The molecule has 1 aliphatic rings. The van der Waals surface area contributed by atoms with E-state index in [0.717, 1.165) is 24.1 Å². The zero-order chi connectivity index (χ0) is 19.2. The Hall–Kier alpha value is -2.95. The van der Waals surface area contributed by atoms with E-state index in [1.165, 1.54) is 0 Å². The molecule has 0 saturated heterocycles. The molecule has 2 aromatic rings. The standard InChI is InChI=1S/C22H23NO4/c1-15-14-18(16-11-12-16)20(21(24)25)19(23-15)10-6-3-7-13-27-22(26)17-8-4-2-5-9-17/h2,4-6,8-10,14,16H,3,7,11-13H2,1H3,(H,24,25)/b10-6+. The number of unbranched alkanes of at least 4 members (excludes halogenated alkanes) is 1. The van der Waals surface area contributed by atoms with Crippen molar-refractivity contribution in [2.75, 3.05) is 6.61 Å². The second-order valence-corrected chi connectivity index (χ2v) is 6.74. The van der Waals surface area contributed by atoms with E-state index in [-0.39, 0.29) is 5.97 Å². The highest BCUT2D eigenvalue weighted by Crippen LogP contribution is 2.42. The minimum Gasteiger partial charge on any atom is -0.478 e. The number of allylic oxidation sites excluding steroid dienone is 1. The summed E-state index contributed by atoms with van der Waals surface area (Å²) in [5.74, 6) is -0.912. The van der Waals surface area contributed by atoms with Crippen LogP contribution in [0.4, 0.5) is 0 Å². The molecule has 0 radical (unpaired) electrons. The van der Waals surface area contributed by atoms with E-state index < -0.39 is 5.97 Å². The monoisotopic (exact) mass is 365 g/mol. The fourth-order valence-corrected chi connectivity index (χ4v) is 3.01. The van der Waals surface area contributed by atoms with Crippen LogP contribution in [0, 0.1) is 6.92 Å². The number of carbonyl (C=O) groups excluding carboxylic acids is 1. The van der Waals surface area contributed by atoms with Gasteiger partial charge in [-0.15, -0.1) is 0 Å². The maximum atomic E-state index is 11.8. The number of hydrogen-bond acceptors (Lipinski definition) is 4. The molecule has 140 valence electrons. The minimum atomic E-state index is -0.930. The summed E-state index contributed by atoms with van der Waals surface area (Å²) >= 11 is 0. The van der Waals surface area contributed by atoms with Crippen molar-refractivity contribution in [2.45, 2.75) is 38.5 Å². The average molecular weight is 365 g/mol. The van der Waals surface area contributed by atoms with Crippen molar-refractivity contribution in [1.29, 1.82) is 0 Å². The second-order valence-electron chi connectivity index (χ2n) is 6.74. The van der Waals surface area contributed by atoms with E-state index in [0.29, 0.717) is 42.2 Å². The number of carbonyl (C=O) groups is 2. The van der Waals surface area contributed by atoms with E-state index in [1.807, 2.05) is 25.1 Å². The summed E-state index contributed by atoms with van der Waals surface area (Å²) < 4.78 is 5.24. The second kappa shape index (κ2) is 8.62. The van der Waals surface area contributed by atoms with Crippen LogP contribution >= 0.6 is 0 Å². The zero-order valence-electron chi connectivity index (χ0n) is 15.4. The van der Waals surface area contributed by atoms with Gasteiger partial charge in [-0.05, 0) is 68.4 Å². The molecule has 0 aliphatic heterocycles. The number of carboxylic acids is 1. The molecule has 1 aromatic heterocycles. The molecule has 0 unspecified atom stereocenters. The van der Waals surface area contributed by atoms with Gasteiger partial charge >= 0.3 is 11.9 Å². The number of nitrogens with zero attached hydrogens (tertiary/aromatic N) is 1. The number of ether oxygens (including phenoxy) is 1. The van der Waals surface area contributed by atoms with E-state index in [4.69, 9.17) is 4.74 Å². The van der Waals surface area contributed by atoms with Gasteiger partial charge in [-0.2, -0.15) is 0 Å². The van der Waals surface area contributed by atoms with Gasteiger partial charge in [0.2, 0.25) is 0 Å². The normalized spacial score (nSPS) is 13.7. The number of aromatic nitrogens is 1. The SMILES string of the molecule is Cc1cc(C2CC2)c(C(=O)O)c(/C=C/CCCOC(=O)c2ccccc2)n1. The number of hydrogen-bond donors (Lipinski definition) is 1. The van der Waals surface area contributed by atoms with Crippen molar-refractivity contribution in [3.05, 3.63) is 70.6 Å². The fourth-order valence-electron chi connectivity index (χ4n) is 3.01. The summed E-state index contributed by atoms with van der Waals surface area (Å²) in [6, 6.07) is 10.8. The molecule has 0 bridgehead atoms. The molecule has 1 saturated carbocycles. The van der Waals surface area contributed by atoms with Gasteiger partial charge in [0.1, 0.15) is 0 Å². The molecule has 0 spiro atoms. The molecule has 5 heteroatoms. The Bertz CT molecular complexity index is 854. The number of esters is 1. The van der Waals surface area contributed by atoms with Crippen LogP contribution in [0.1, 0.15) is 69.3 Å². The number of aromatic carboxylic acids is 1. The van der Waals surface area contributed by atoms with Crippen LogP contribution in [0.15, 0.2) is 42.5 Å². The zero-order valence-corrected chi connectivity index (χ0v) is 15.4. The molecule has 0 atom stereocenters. The Kier molecular flexibility index (Phi) is 6.01. The third-order valence-corrected chi connectivity index (χ3v) is 4.47. The topological polar surface area (TPSA) is 76.5 Å². The first-order valence-corrected chi connectivity index (χ1v) is 9.20. The first kappa shape index (κ1) is 18.8. The van der Waals surface area contributed by atoms with E-state index in [9.17, 15) is 14.7 Å². The predicted molar refractivity (Wildman–Crippen MR) is 103 cm³/mol. The number of pyridine rings is 1. The molecule has 1 fully saturated rings. The predicted octanol–water partition coefficient (Wildman–Crippen LogP) is 4.62. The van der Waals surface area contributed by atoms with Crippen LogP contribution in [0.5, 0.6) is 0 Å². The quantitative estimate of drug-likeness (QED) is 0.546. The van der Waals surface area contributed by atoms with Gasteiger partial charge in [0.05, 0.1) is 23.4 Å². The van der Waals surface area contributed by atoms with Crippen LogP contribution in [-0.4, -0.2) is 28.6 Å². The highest BCUT2D eigenvalue weighted by molar-refractivity contribution is 5.93. The van der Waals surface area contributed by atoms with Crippen molar-refractivity contribution in [1.82, 2.24) is 4.98 Å². The summed E-state index contributed by atoms with van der Waals surface area (Å²) in [4.78, 5) is 27.9. The Morgan fingerprint density at radius 1 is 1.26 bits per heavy atom. The van der Waals surface area contributed by atoms with E-state index in [1.54, 1.807) is 30.3 Å². The summed E-state index contributed by atoms with van der Waals surface area (Å²) in [5, 5.41) is 9.59. The first-order chi connectivity index (χ1) is 13.1. The molecule has 3 rings (SSSR count). The lowest BCUT2D eigenvalue weighted by molar-refractivity contribution is 0.0501. The lowest BCUT2D eigenvalue weighted by atomic mass is 10.0. The molecular formula is C22H23NO4. The van der Waals surface area contributed by atoms with Gasteiger partial charge in [0, 0.05) is 5.69 Å². The largest absolute Gasteiger partial charge is 0.478 e.